The molecule has 0 heterocycles. The normalized spacial score (nSPS) is 12.4. The summed E-state index contributed by atoms with van der Waals surface area (Å²) < 4.78 is 6.00. The number of carbonyl (C=O) groups is 2. The Hall–Kier alpha value is -1.58. The first-order chi connectivity index (χ1) is 22.6. The number of carboxylic acids is 1. The highest BCUT2D eigenvalue weighted by molar-refractivity contribution is 5.69. The lowest BCUT2D eigenvalue weighted by Gasteiger charge is -2.18. The van der Waals surface area contributed by atoms with Crippen LogP contribution in [0, 0.1) is 0 Å². The minimum atomic E-state index is -0.678. The van der Waals surface area contributed by atoms with E-state index in [0.717, 1.165) is 57.8 Å². The Kier molecular flexibility index (Phi) is 36.6. The van der Waals surface area contributed by atoms with Gasteiger partial charge in [0.1, 0.15) is 6.10 Å². The van der Waals surface area contributed by atoms with E-state index in [9.17, 15) is 9.59 Å². The number of allylic oxidation sites excluding steroid dienone is 4. The second-order valence-corrected chi connectivity index (χ2v) is 13.8. The van der Waals surface area contributed by atoms with E-state index in [1.165, 1.54) is 141 Å². The van der Waals surface area contributed by atoms with E-state index in [1.807, 2.05) is 0 Å². The van der Waals surface area contributed by atoms with Gasteiger partial charge in [-0.3, -0.25) is 9.59 Å². The Bertz CT molecular complexity index is 698. The highest BCUT2D eigenvalue weighted by atomic mass is 16.5. The number of ether oxygens (including phenoxy) is 1. The zero-order chi connectivity index (χ0) is 33.6. The van der Waals surface area contributed by atoms with Gasteiger partial charge in [-0.2, -0.15) is 0 Å². The fraction of sp³-hybridized carbons (Fsp3) is 0.857. The summed E-state index contributed by atoms with van der Waals surface area (Å²) in [6, 6.07) is 0. The van der Waals surface area contributed by atoms with Gasteiger partial charge in [0.15, 0.2) is 0 Å². The molecule has 1 unspecified atom stereocenters. The zero-order valence-corrected chi connectivity index (χ0v) is 30.9. The molecule has 0 aliphatic heterocycles. The van der Waals surface area contributed by atoms with E-state index < -0.39 is 5.97 Å². The molecule has 0 rings (SSSR count). The molecule has 4 nitrogen and oxygen atoms in total. The van der Waals surface area contributed by atoms with Crippen molar-refractivity contribution in [2.45, 2.75) is 232 Å². The molecule has 0 aromatic carbocycles. The van der Waals surface area contributed by atoms with Crippen molar-refractivity contribution >= 4 is 11.9 Å². The largest absolute Gasteiger partial charge is 0.481 e. The van der Waals surface area contributed by atoms with Crippen LogP contribution < -0.4 is 0 Å². The minimum Gasteiger partial charge on any atom is -0.481 e. The maximum Gasteiger partial charge on any atom is 0.306 e. The molecule has 0 fully saturated rings. The highest BCUT2D eigenvalue weighted by Gasteiger charge is 2.14. The third-order valence-corrected chi connectivity index (χ3v) is 9.18. The third-order valence-electron chi connectivity index (χ3n) is 9.18. The van der Waals surface area contributed by atoms with Gasteiger partial charge in [-0.25, -0.2) is 0 Å². The standard InChI is InChI=1S/C42H78O4/c1-3-5-7-9-10-11-12-13-14-15-16-17-18-19-20-24-27-31-35-39-42(45)46-40(36-32-28-8-6-4-2)37-33-29-25-22-21-23-26-30-34-38-41(43)44/h10-11,13-14,40H,3-9,12,15-39H2,1-2H3,(H,43,44)/b11-10-,14-13-. The molecule has 0 aromatic heterocycles. The van der Waals surface area contributed by atoms with Crippen LogP contribution in [0.3, 0.4) is 0 Å². The minimum absolute atomic E-state index is 0.0264. The van der Waals surface area contributed by atoms with Gasteiger partial charge in [0.05, 0.1) is 0 Å². The van der Waals surface area contributed by atoms with Crippen molar-refractivity contribution < 1.29 is 19.4 Å². The van der Waals surface area contributed by atoms with E-state index in [1.54, 1.807) is 0 Å². The quantitative estimate of drug-likeness (QED) is 0.0414. The van der Waals surface area contributed by atoms with Crippen LogP contribution in [0.15, 0.2) is 24.3 Å². The fourth-order valence-corrected chi connectivity index (χ4v) is 6.16. The van der Waals surface area contributed by atoms with Crippen molar-refractivity contribution in [1.29, 1.82) is 0 Å². The van der Waals surface area contributed by atoms with Crippen LogP contribution in [0.4, 0.5) is 0 Å². The first-order valence-corrected chi connectivity index (χ1v) is 20.3. The monoisotopic (exact) mass is 647 g/mol. The summed E-state index contributed by atoms with van der Waals surface area (Å²) in [5, 5.41) is 8.71. The van der Waals surface area contributed by atoms with E-state index in [4.69, 9.17) is 9.84 Å². The maximum absolute atomic E-state index is 12.6. The molecule has 0 aliphatic carbocycles. The summed E-state index contributed by atoms with van der Waals surface area (Å²) >= 11 is 0. The van der Waals surface area contributed by atoms with Gasteiger partial charge in [0.25, 0.3) is 0 Å². The van der Waals surface area contributed by atoms with Crippen molar-refractivity contribution in [1.82, 2.24) is 0 Å². The smallest absolute Gasteiger partial charge is 0.306 e. The molecule has 46 heavy (non-hydrogen) atoms. The van der Waals surface area contributed by atoms with E-state index in [2.05, 4.69) is 38.2 Å². The van der Waals surface area contributed by atoms with Crippen LogP contribution in [0.1, 0.15) is 226 Å². The Morgan fingerprint density at radius 3 is 1.33 bits per heavy atom. The molecule has 0 aliphatic rings. The summed E-state index contributed by atoms with van der Waals surface area (Å²) in [5.41, 5.74) is 0. The van der Waals surface area contributed by atoms with Gasteiger partial charge in [-0.15, -0.1) is 0 Å². The summed E-state index contributed by atoms with van der Waals surface area (Å²) in [6.45, 7) is 4.51. The lowest BCUT2D eigenvalue weighted by molar-refractivity contribution is -0.150. The summed E-state index contributed by atoms with van der Waals surface area (Å²) in [7, 11) is 0. The highest BCUT2D eigenvalue weighted by Crippen LogP contribution is 2.19. The number of hydrogen-bond donors (Lipinski definition) is 1. The fourth-order valence-electron chi connectivity index (χ4n) is 6.16. The average molecular weight is 647 g/mol. The van der Waals surface area contributed by atoms with Crippen LogP contribution in [0.5, 0.6) is 0 Å². The Balaban J connectivity index is 3.83. The number of unbranched alkanes of at least 4 members (excludes halogenated alkanes) is 24. The first kappa shape index (κ1) is 44.4. The number of esters is 1. The molecule has 1 N–H and O–H groups in total. The predicted molar refractivity (Wildman–Crippen MR) is 200 cm³/mol. The number of rotatable bonds is 37. The van der Waals surface area contributed by atoms with Crippen LogP contribution in [-0.2, 0) is 14.3 Å². The first-order valence-electron chi connectivity index (χ1n) is 20.3. The topological polar surface area (TPSA) is 63.6 Å². The number of carboxylic acid groups (broad SMARTS) is 1. The molecule has 0 bridgehead atoms. The Morgan fingerprint density at radius 1 is 0.478 bits per heavy atom. The molecule has 1 atom stereocenters. The van der Waals surface area contributed by atoms with Crippen LogP contribution in [-0.4, -0.2) is 23.1 Å². The van der Waals surface area contributed by atoms with Crippen LogP contribution in [0.2, 0.25) is 0 Å². The average Bonchev–Trinajstić information content (AvgIpc) is 3.04. The summed E-state index contributed by atoms with van der Waals surface area (Å²) in [4.78, 5) is 23.2. The molecular weight excluding hydrogens is 568 g/mol. The number of aliphatic carboxylic acids is 1. The molecular formula is C42H78O4. The molecule has 0 aromatic rings. The second kappa shape index (κ2) is 37.9. The van der Waals surface area contributed by atoms with E-state index >= 15 is 0 Å². The van der Waals surface area contributed by atoms with Gasteiger partial charge >= 0.3 is 11.9 Å². The SMILES string of the molecule is CCCCC/C=C\C/C=C\CCCCCCCCCCCC(=O)OC(CCCCCCC)CCCCCCCCCCCC(=O)O. The number of carbonyl (C=O) groups excluding carboxylic acids is 1. The molecule has 0 amide bonds. The molecule has 270 valence electrons. The van der Waals surface area contributed by atoms with Crippen LogP contribution >= 0.6 is 0 Å². The zero-order valence-electron chi connectivity index (χ0n) is 30.9. The van der Waals surface area contributed by atoms with Gasteiger partial charge in [0.2, 0.25) is 0 Å². The van der Waals surface area contributed by atoms with Crippen molar-refractivity contribution in [2.75, 3.05) is 0 Å². The van der Waals surface area contributed by atoms with Gasteiger partial charge in [-0.05, 0) is 70.6 Å². The van der Waals surface area contributed by atoms with E-state index in [0.29, 0.717) is 12.8 Å². The summed E-state index contributed by atoms with van der Waals surface area (Å²) in [6.07, 6.45) is 47.9. The molecule has 0 saturated carbocycles. The number of hydrogen-bond acceptors (Lipinski definition) is 3. The lowest BCUT2D eigenvalue weighted by atomic mass is 10.0. The van der Waals surface area contributed by atoms with Crippen molar-refractivity contribution in [3.8, 4) is 0 Å². The van der Waals surface area contributed by atoms with Crippen molar-refractivity contribution in [2.24, 2.45) is 0 Å². The molecule has 4 heteroatoms. The Labute approximate surface area is 287 Å². The van der Waals surface area contributed by atoms with Crippen molar-refractivity contribution in [3.63, 3.8) is 0 Å². The second-order valence-electron chi connectivity index (χ2n) is 13.8. The summed E-state index contributed by atoms with van der Waals surface area (Å²) in [5.74, 6) is -0.651. The third kappa shape index (κ3) is 36.9. The molecule has 0 radical (unpaired) electrons. The van der Waals surface area contributed by atoms with Crippen LogP contribution in [0.25, 0.3) is 0 Å². The lowest BCUT2D eigenvalue weighted by Crippen LogP contribution is -2.18. The van der Waals surface area contributed by atoms with Gasteiger partial charge in [0, 0.05) is 12.8 Å². The van der Waals surface area contributed by atoms with Gasteiger partial charge < -0.3 is 9.84 Å². The van der Waals surface area contributed by atoms with Gasteiger partial charge in [-0.1, -0.05) is 167 Å². The Morgan fingerprint density at radius 2 is 0.848 bits per heavy atom. The molecule has 0 saturated heterocycles. The van der Waals surface area contributed by atoms with Crippen molar-refractivity contribution in [3.05, 3.63) is 24.3 Å². The predicted octanol–water partition coefficient (Wildman–Crippen LogP) is 14.0. The maximum atomic E-state index is 12.6. The van der Waals surface area contributed by atoms with E-state index in [-0.39, 0.29) is 12.1 Å². The molecule has 0 spiro atoms.